The van der Waals surface area contributed by atoms with E-state index in [9.17, 15) is 4.79 Å². The maximum absolute atomic E-state index is 12.3. The average Bonchev–Trinajstić information content (AvgIpc) is 3.45. The van der Waals surface area contributed by atoms with E-state index in [4.69, 9.17) is 4.42 Å². The van der Waals surface area contributed by atoms with E-state index in [1.807, 2.05) is 53.5 Å². The second-order valence-electron chi connectivity index (χ2n) is 6.39. The molecule has 0 unspecified atom stereocenters. The number of hydrogen-bond donors (Lipinski definition) is 1. The first kappa shape index (κ1) is 18.2. The first-order valence-electron chi connectivity index (χ1n) is 9.05. The maximum Gasteiger partial charge on any atom is 0.236 e. The molecule has 4 aromatic rings. The molecule has 0 fully saturated rings. The fourth-order valence-electron chi connectivity index (χ4n) is 2.90. The van der Waals surface area contributed by atoms with Crippen LogP contribution in [0, 0.1) is 6.92 Å². The van der Waals surface area contributed by atoms with Crippen molar-refractivity contribution in [3.63, 3.8) is 0 Å². The number of oxazole rings is 1. The van der Waals surface area contributed by atoms with Gasteiger partial charge in [0.2, 0.25) is 11.8 Å². The van der Waals surface area contributed by atoms with Crippen LogP contribution in [0.3, 0.4) is 0 Å². The molecular formula is C21H20N4O2S. The van der Waals surface area contributed by atoms with Crippen LogP contribution in [0.25, 0.3) is 16.5 Å². The smallest absolute Gasteiger partial charge is 0.236 e. The van der Waals surface area contributed by atoms with Gasteiger partial charge in [0.25, 0.3) is 0 Å². The lowest BCUT2D eigenvalue weighted by Gasteiger charge is -2.06. The molecule has 142 valence electrons. The Kier molecular flexibility index (Phi) is 5.34. The van der Waals surface area contributed by atoms with Crippen LogP contribution in [0.1, 0.15) is 17.0 Å². The summed E-state index contributed by atoms with van der Waals surface area (Å²) in [4.78, 5) is 17.7. The van der Waals surface area contributed by atoms with Crippen molar-refractivity contribution in [3.05, 3.63) is 77.3 Å². The van der Waals surface area contributed by atoms with Gasteiger partial charge in [-0.25, -0.2) is 9.67 Å². The zero-order valence-electron chi connectivity index (χ0n) is 15.5. The van der Waals surface area contributed by atoms with E-state index in [1.54, 1.807) is 17.5 Å². The van der Waals surface area contributed by atoms with Crippen molar-refractivity contribution in [2.75, 3.05) is 6.54 Å². The van der Waals surface area contributed by atoms with Crippen LogP contribution in [-0.4, -0.2) is 27.2 Å². The molecule has 1 amide bonds. The van der Waals surface area contributed by atoms with Gasteiger partial charge in [-0.15, -0.1) is 11.3 Å². The van der Waals surface area contributed by atoms with Crippen molar-refractivity contribution in [1.82, 2.24) is 20.1 Å². The molecule has 7 heteroatoms. The number of aromatic nitrogens is 3. The van der Waals surface area contributed by atoms with E-state index in [0.29, 0.717) is 23.9 Å². The summed E-state index contributed by atoms with van der Waals surface area (Å²) in [6, 6.07) is 14.0. The molecule has 1 N–H and O–H groups in total. The van der Waals surface area contributed by atoms with Crippen LogP contribution >= 0.6 is 11.3 Å². The molecule has 0 bridgehead atoms. The van der Waals surface area contributed by atoms with E-state index < -0.39 is 0 Å². The predicted molar refractivity (Wildman–Crippen MR) is 109 cm³/mol. The van der Waals surface area contributed by atoms with Gasteiger partial charge >= 0.3 is 0 Å². The van der Waals surface area contributed by atoms with Crippen LogP contribution in [-0.2, 0) is 17.6 Å². The predicted octanol–water partition coefficient (Wildman–Crippen LogP) is 3.80. The maximum atomic E-state index is 12.3. The number of nitrogens with one attached hydrogen (secondary N) is 1. The molecule has 0 aliphatic rings. The van der Waals surface area contributed by atoms with Crippen LogP contribution in [0.4, 0.5) is 0 Å². The molecular weight excluding hydrogens is 372 g/mol. The third kappa shape index (κ3) is 4.20. The Hall–Kier alpha value is -3.19. The number of carbonyl (C=O) groups is 1. The van der Waals surface area contributed by atoms with Gasteiger partial charge in [0.15, 0.2) is 0 Å². The van der Waals surface area contributed by atoms with E-state index in [0.717, 1.165) is 22.5 Å². The normalized spacial score (nSPS) is 10.9. The molecule has 0 spiro atoms. The highest BCUT2D eigenvalue weighted by Crippen LogP contribution is 2.26. The van der Waals surface area contributed by atoms with E-state index in [1.165, 1.54) is 0 Å². The van der Waals surface area contributed by atoms with Gasteiger partial charge in [-0.1, -0.05) is 18.2 Å². The SMILES string of the molecule is Cc1oc(-c2cccs2)nc1CC(=O)NCCc1ccc(-n2cccn2)cc1. The number of carbonyl (C=O) groups excluding carboxylic acids is 1. The Morgan fingerprint density at radius 2 is 2.07 bits per heavy atom. The fourth-order valence-corrected chi connectivity index (χ4v) is 3.54. The Balaban J connectivity index is 1.28. The van der Waals surface area contributed by atoms with Crippen molar-refractivity contribution >= 4 is 17.2 Å². The second-order valence-corrected chi connectivity index (χ2v) is 7.34. The van der Waals surface area contributed by atoms with Crippen molar-refractivity contribution in [1.29, 1.82) is 0 Å². The third-order valence-electron chi connectivity index (χ3n) is 4.39. The summed E-state index contributed by atoms with van der Waals surface area (Å²) in [7, 11) is 0. The van der Waals surface area contributed by atoms with E-state index in [-0.39, 0.29) is 12.3 Å². The molecule has 0 aliphatic carbocycles. The number of hydrogen-bond acceptors (Lipinski definition) is 5. The highest BCUT2D eigenvalue weighted by Gasteiger charge is 2.15. The molecule has 4 rings (SSSR count). The summed E-state index contributed by atoms with van der Waals surface area (Å²) in [5.74, 6) is 1.21. The molecule has 3 aromatic heterocycles. The van der Waals surface area contributed by atoms with Gasteiger partial charge in [0.05, 0.1) is 22.7 Å². The summed E-state index contributed by atoms with van der Waals surface area (Å²) in [5, 5.41) is 9.15. The molecule has 0 saturated carbocycles. The largest absolute Gasteiger partial charge is 0.440 e. The monoisotopic (exact) mass is 392 g/mol. The molecule has 0 radical (unpaired) electrons. The van der Waals surface area contributed by atoms with E-state index >= 15 is 0 Å². The van der Waals surface area contributed by atoms with Crippen LogP contribution < -0.4 is 5.32 Å². The minimum atomic E-state index is -0.0534. The summed E-state index contributed by atoms with van der Waals surface area (Å²) >= 11 is 1.57. The molecule has 3 heterocycles. The van der Waals surface area contributed by atoms with Crippen molar-refractivity contribution < 1.29 is 9.21 Å². The van der Waals surface area contributed by atoms with Gasteiger partial charge in [-0.3, -0.25) is 4.79 Å². The Labute approximate surface area is 166 Å². The zero-order chi connectivity index (χ0) is 19.3. The lowest BCUT2D eigenvalue weighted by atomic mass is 10.1. The molecule has 0 atom stereocenters. The van der Waals surface area contributed by atoms with E-state index in [2.05, 4.69) is 27.5 Å². The fraction of sp³-hybridized carbons (Fsp3) is 0.190. The van der Waals surface area contributed by atoms with Crippen molar-refractivity contribution in [2.24, 2.45) is 0 Å². The Bertz CT molecular complexity index is 1030. The minimum Gasteiger partial charge on any atom is -0.440 e. The zero-order valence-corrected chi connectivity index (χ0v) is 16.3. The Morgan fingerprint density at radius 3 is 2.79 bits per heavy atom. The quantitative estimate of drug-likeness (QED) is 0.519. The first-order valence-corrected chi connectivity index (χ1v) is 9.93. The van der Waals surface area contributed by atoms with Gasteiger partial charge in [0, 0.05) is 18.9 Å². The van der Waals surface area contributed by atoms with Crippen molar-refractivity contribution in [2.45, 2.75) is 19.8 Å². The molecule has 0 saturated heterocycles. The lowest BCUT2D eigenvalue weighted by Crippen LogP contribution is -2.27. The summed E-state index contributed by atoms with van der Waals surface area (Å²) < 4.78 is 7.50. The molecule has 0 aliphatic heterocycles. The number of aryl methyl sites for hydroxylation is 1. The standard InChI is InChI=1S/C21H20N4O2S/c1-15-18(24-21(27-15)19-4-2-13-28-19)14-20(26)22-11-9-16-5-7-17(8-6-16)25-12-3-10-23-25/h2-8,10,12-13H,9,11,14H2,1H3,(H,22,26). The number of rotatable bonds is 7. The highest BCUT2D eigenvalue weighted by atomic mass is 32.1. The van der Waals surface area contributed by atoms with Gasteiger partial charge in [0.1, 0.15) is 5.76 Å². The van der Waals surface area contributed by atoms with Gasteiger partial charge in [-0.2, -0.15) is 5.10 Å². The number of amides is 1. The first-order chi connectivity index (χ1) is 13.7. The summed E-state index contributed by atoms with van der Waals surface area (Å²) in [6.45, 7) is 2.42. The topological polar surface area (TPSA) is 73.0 Å². The summed E-state index contributed by atoms with van der Waals surface area (Å²) in [6.07, 6.45) is 4.65. The number of thiophene rings is 1. The average molecular weight is 392 g/mol. The Morgan fingerprint density at radius 1 is 1.21 bits per heavy atom. The minimum absolute atomic E-state index is 0.0534. The number of benzene rings is 1. The second kappa shape index (κ2) is 8.22. The molecule has 28 heavy (non-hydrogen) atoms. The van der Waals surface area contributed by atoms with Crippen LogP contribution in [0.15, 0.2) is 64.7 Å². The van der Waals surface area contributed by atoms with Crippen molar-refractivity contribution in [3.8, 4) is 16.5 Å². The molecule has 6 nitrogen and oxygen atoms in total. The number of nitrogens with zero attached hydrogens (tertiary/aromatic N) is 3. The van der Waals surface area contributed by atoms with Gasteiger partial charge < -0.3 is 9.73 Å². The van der Waals surface area contributed by atoms with Crippen LogP contribution in [0.2, 0.25) is 0 Å². The lowest BCUT2D eigenvalue weighted by molar-refractivity contribution is -0.120. The van der Waals surface area contributed by atoms with Gasteiger partial charge in [-0.05, 0) is 48.6 Å². The van der Waals surface area contributed by atoms with Crippen LogP contribution in [0.5, 0.6) is 0 Å². The highest BCUT2D eigenvalue weighted by molar-refractivity contribution is 7.13. The molecule has 1 aromatic carbocycles. The summed E-state index contributed by atoms with van der Waals surface area (Å²) in [5.41, 5.74) is 2.86. The third-order valence-corrected chi connectivity index (χ3v) is 5.25.